The van der Waals surface area contributed by atoms with Crippen LogP contribution in [-0.2, 0) is 6.42 Å². The van der Waals surface area contributed by atoms with Crippen molar-refractivity contribution in [2.24, 2.45) is 5.92 Å². The van der Waals surface area contributed by atoms with Crippen LogP contribution in [0.5, 0.6) is 0 Å². The minimum atomic E-state index is 0.745. The summed E-state index contributed by atoms with van der Waals surface area (Å²) >= 11 is 0. The number of hydrogen-bond donors (Lipinski definition) is 1. The zero-order valence-electron chi connectivity index (χ0n) is 7.46. The van der Waals surface area contributed by atoms with Gasteiger partial charge in [-0.25, -0.2) is 0 Å². The molecule has 1 unspecified atom stereocenters. The summed E-state index contributed by atoms with van der Waals surface area (Å²) in [6.45, 7) is 1.14. The molecule has 0 radical (unpaired) electrons. The number of nitrogens with one attached hydrogen (secondary N) is 1. The average Bonchev–Trinajstić information content (AvgIpc) is 2.61. The molecule has 1 atom stereocenters. The van der Waals surface area contributed by atoms with Crippen molar-refractivity contribution in [3.8, 4) is 0 Å². The normalized spacial score (nSPS) is 24.3. The molecule has 2 heteroatoms. The van der Waals surface area contributed by atoms with Crippen LogP contribution in [0, 0.1) is 5.92 Å². The highest BCUT2D eigenvalue weighted by Crippen LogP contribution is 2.31. The van der Waals surface area contributed by atoms with Gasteiger partial charge < -0.3 is 5.32 Å². The lowest BCUT2D eigenvalue weighted by molar-refractivity contribution is 0.632. The summed E-state index contributed by atoms with van der Waals surface area (Å²) in [6.07, 6.45) is 8.58. The Morgan fingerprint density at radius 3 is 3.46 bits per heavy atom. The van der Waals surface area contributed by atoms with Crippen molar-refractivity contribution in [1.82, 2.24) is 10.3 Å². The number of nitrogens with zero attached hydrogens (tertiary/aromatic N) is 1. The summed E-state index contributed by atoms with van der Waals surface area (Å²) in [6, 6.07) is 2.14. The quantitative estimate of drug-likeness (QED) is 0.642. The first-order valence-electron chi connectivity index (χ1n) is 4.82. The minimum Gasteiger partial charge on any atom is -0.388 e. The van der Waals surface area contributed by atoms with Crippen molar-refractivity contribution in [1.29, 1.82) is 0 Å². The van der Waals surface area contributed by atoms with Crippen molar-refractivity contribution in [2.75, 3.05) is 6.54 Å². The van der Waals surface area contributed by atoms with Crippen molar-refractivity contribution in [3.05, 3.63) is 35.3 Å². The Labute approximate surface area is 77.7 Å². The van der Waals surface area contributed by atoms with Gasteiger partial charge in [-0.15, -0.1) is 0 Å². The molecular weight excluding hydrogens is 160 g/mol. The van der Waals surface area contributed by atoms with Crippen LogP contribution < -0.4 is 5.32 Å². The summed E-state index contributed by atoms with van der Waals surface area (Å²) in [5.41, 5.74) is 4.16. The molecule has 1 fully saturated rings. The number of aromatic nitrogens is 1. The average molecular weight is 172 g/mol. The number of fused-ring (bicyclic) bond motifs is 2. The number of hydrogen-bond acceptors (Lipinski definition) is 2. The first-order valence-corrected chi connectivity index (χ1v) is 4.82. The van der Waals surface area contributed by atoms with Gasteiger partial charge in [-0.2, -0.15) is 0 Å². The predicted molar refractivity (Wildman–Crippen MR) is 52.0 cm³/mol. The van der Waals surface area contributed by atoms with Crippen LogP contribution in [0.4, 0.5) is 0 Å². The highest BCUT2D eigenvalue weighted by atomic mass is 14.9. The third kappa shape index (κ3) is 1.05. The van der Waals surface area contributed by atoms with Crippen LogP contribution in [0.1, 0.15) is 17.5 Å². The van der Waals surface area contributed by atoms with Gasteiger partial charge >= 0.3 is 0 Å². The monoisotopic (exact) mass is 172 g/mol. The Balaban J connectivity index is 2.10. The van der Waals surface area contributed by atoms with Gasteiger partial charge in [0.25, 0.3) is 0 Å². The number of rotatable bonds is 0. The zero-order valence-corrected chi connectivity index (χ0v) is 7.46. The fraction of sp³-hybridized carbons (Fsp3) is 0.364. The smallest absolute Gasteiger partial charge is 0.0343 e. The van der Waals surface area contributed by atoms with Crippen molar-refractivity contribution >= 4 is 6.08 Å². The van der Waals surface area contributed by atoms with Gasteiger partial charge in [0.1, 0.15) is 0 Å². The van der Waals surface area contributed by atoms with E-state index in [0.29, 0.717) is 0 Å². The second-order valence-corrected chi connectivity index (χ2v) is 3.79. The Morgan fingerprint density at radius 1 is 1.46 bits per heavy atom. The fourth-order valence-corrected chi connectivity index (χ4v) is 2.26. The zero-order chi connectivity index (χ0) is 8.67. The molecule has 1 aromatic rings. The largest absolute Gasteiger partial charge is 0.388 e. The van der Waals surface area contributed by atoms with Gasteiger partial charge in [0, 0.05) is 30.6 Å². The van der Waals surface area contributed by atoms with Crippen LogP contribution in [0.3, 0.4) is 0 Å². The highest BCUT2D eigenvalue weighted by molar-refractivity contribution is 5.59. The van der Waals surface area contributed by atoms with E-state index in [1.807, 2.05) is 12.4 Å². The lowest BCUT2D eigenvalue weighted by atomic mass is 9.88. The maximum absolute atomic E-state index is 4.14. The van der Waals surface area contributed by atoms with E-state index >= 15 is 0 Å². The molecular formula is C11H12N2. The van der Waals surface area contributed by atoms with E-state index in [1.165, 1.54) is 29.7 Å². The maximum Gasteiger partial charge on any atom is 0.0343 e. The van der Waals surface area contributed by atoms with E-state index in [0.717, 1.165) is 12.5 Å². The molecule has 66 valence electrons. The molecule has 1 aliphatic heterocycles. The Hall–Kier alpha value is -1.31. The molecule has 1 N–H and O–H groups in total. The van der Waals surface area contributed by atoms with Crippen LogP contribution in [0.15, 0.2) is 24.2 Å². The van der Waals surface area contributed by atoms with Gasteiger partial charge in [-0.1, -0.05) is 0 Å². The van der Waals surface area contributed by atoms with E-state index in [2.05, 4.69) is 22.4 Å². The van der Waals surface area contributed by atoms with Gasteiger partial charge in [0.2, 0.25) is 0 Å². The topological polar surface area (TPSA) is 24.9 Å². The van der Waals surface area contributed by atoms with Crippen molar-refractivity contribution in [3.63, 3.8) is 0 Å². The molecule has 3 rings (SSSR count). The summed E-state index contributed by atoms with van der Waals surface area (Å²) in [5, 5.41) is 3.43. The molecule has 0 amide bonds. The van der Waals surface area contributed by atoms with Gasteiger partial charge in [0.05, 0.1) is 0 Å². The first-order chi connectivity index (χ1) is 6.43. The van der Waals surface area contributed by atoms with Crippen LogP contribution >= 0.6 is 0 Å². The Kier molecular flexibility index (Phi) is 1.42. The molecule has 0 aromatic carbocycles. The fourth-order valence-electron chi connectivity index (χ4n) is 2.26. The second kappa shape index (κ2) is 2.59. The molecule has 0 saturated carbocycles. The van der Waals surface area contributed by atoms with Crippen LogP contribution in [0.25, 0.3) is 6.08 Å². The van der Waals surface area contributed by atoms with E-state index in [4.69, 9.17) is 0 Å². The summed E-state index contributed by atoms with van der Waals surface area (Å²) in [7, 11) is 0. The third-order valence-electron chi connectivity index (χ3n) is 2.99. The third-order valence-corrected chi connectivity index (χ3v) is 2.99. The summed E-state index contributed by atoms with van der Waals surface area (Å²) in [5.74, 6) is 0.745. The van der Waals surface area contributed by atoms with Crippen molar-refractivity contribution in [2.45, 2.75) is 12.8 Å². The molecule has 0 spiro atoms. The molecule has 1 aromatic heterocycles. The van der Waals surface area contributed by atoms with Gasteiger partial charge in [-0.05, 0) is 36.1 Å². The second-order valence-electron chi connectivity index (χ2n) is 3.79. The van der Waals surface area contributed by atoms with Crippen molar-refractivity contribution < 1.29 is 0 Å². The van der Waals surface area contributed by atoms with Gasteiger partial charge in [-0.3, -0.25) is 4.98 Å². The lowest BCUT2D eigenvalue weighted by Crippen LogP contribution is -2.13. The molecule has 2 nitrogen and oxygen atoms in total. The maximum atomic E-state index is 4.14. The molecule has 0 bridgehead atoms. The van der Waals surface area contributed by atoms with Crippen LogP contribution in [-0.4, -0.2) is 11.5 Å². The minimum absolute atomic E-state index is 0.745. The molecule has 2 aliphatic rings. The standard InChI is InChI=1S/C11H12N2/c1-3-12-7-10-6-11-9(2-4-13-11)5-8(1)10/h1,3,6-7,9,13H,2,4-5H2. The SMILES string of the molecule is C1=C2NCCC2Cc2ccncc21. The first kappa shape index (κ1) is 7.13. The molecule has 1 saturated heterocycles. The summed E-state index contributed by atoms with van der Waals surface area (Å²) < 4.78 is 0. The van der Waals surface area contributed by atoms with E-state index < -0.39 is 0 Å². The Bertz CT molecular complexity index is 368. The van der Waals surface area contributed by atoms with E-state index in [9.17, 15) is 0 Å². The molecule has 2 heterocycles. The molecule has 1 aliphatic carbocycles. The Morgan fingerprint density at radius 2 is 2.46 bits per heavy atom. The van der Waals surface area contributed by atoms with Gasteiger partial charge in [0.15, 0.2) is 0 Å². The van der Waals surface area contributed by atoms with Crippen LogP contribution in [0.2, 0.25) is 0 Å². The van der Waals surface area contributed by atoms with E-state index in [1.54, 1.807) is 0 Å². The number of pyridine rings is 1. The number of allylic oxidation sites excluding steroid dienone is 1. The predicted octanol–water partition coefficient (Wildman–Crippen LogP) is 1.59. The molecule has 13 heavy (non-hydrogen) atoms. The highest BCUT2D eigenvalue weighted by Gasteiger charge is 2.24. The van der Waals surface area contributed by atoms with E-state index in [-0.39, 0.29) is 0 Å². The lowest BCUT2D eigenvalue weighted by Gasteiger charge is -2.18. The summed E-state index contributed by atoms with van der Waals surface area (Å²) in [4.78, 5) is 4.14.